The Hall–Kier alpha value is -1.99. The molecule has 4 heterocycles. The van der Waals surface area contributed by atoms with E-state index in [0.717, 1.165) is 49.8 Å². The van der Waals surface area contributed by atoms with Crippen LogP contribution in [0.4, 0.5) is 5.95 Å². The number of rotatable bonds is 3. The van der Waals surface area contributed by atoms with E-state index in [1.54, 1.807) is 6.20 Å². The molecule has 0 spiro atoms. The van der Waals surface area contributed by atoms with Crippen molar-refractivity contribution in [3.8, 4) is 0 Å². The van der Waals surface area contributed by atoms with Gasteiger partial charge in [0.25, 0.3) is 0 Å². The second-order valence-corrected chi connectivity index (χ2v) is 11.6. The summed E-state index contributed by atoms with van der Waals surface area (Å²) in [5.74, 6) is 1.42. The van der Waals surface area contributed by atoms with Gasteiger partial charge >= 0.3 is 0 Å². The lowest BCUT2D eigenvalue weighted by Gasteiger charge is -2.32. The van der Waals surface area contributed by atoms with E-state index in [9.17, 15) is 8.42 Å². The number of fused-ring (bicyclic) bond motifs is 3. The largest absolute Gasteiger partial charge is 0.341 e. The minimum Gasteiger partial charge on any atom is -0.341 e. The van der Waals surface area contributed by atoms with E-state index in [2.05, 4.69) is 52.9 Å². The second-order valence-electron chi connectivity index (χ2n) is 9.41. The number of likely N-dealkylation sites (tertiary alicyclic amines) is 1. The molecule has 3 aliphatic heterocycles. The van der Waals surface area contributed by atoms with Gasteiger partial charge in [-0.1, -0.05) is 36.8 Å². The highest BCUT2D eigenvalue weighted by molar-refractivity contribution is 7.91. The van der Waals surface area contributed by atoms with Crippen molar-refractivity contribution in [2.45, 2.75) is 50.2 Å². The molecule has 1 aromatic carbocycles. The van der Waals surface area contributed by atoms with E-state index in [-0.39, 0.29) is 16.9 Å². The number of hydrogen-bond donors (Lipinski definition) is 0. The summed E-state index contributed by atoms with van der Waals surface area (Å²) < 4.78 is 26.0. The van der Waals surface area contributed by atoms with Crippen molar-refractivity contribution < 1.29 is 8.42 Å². The van der Waals surface area contributed by atoms with Gasteiger partial charge in [0, 0.05) is 50.4 Å². The van der Waals surface area contributed by atoms with Crippen molar-refractivity contribution in [1.29, 1.82) is 0 Å². The predicted molar refractivity (Wildman–Crippen MR) is 118 cm³/mol. The zero-order chi connectivity index (χ0) is 20.9. The zero-order valence-corrected chi connectivity index (χ0v) is 18.6. The fraction of sp³-hybridized carbons (Fsp3) is 0.565. The van der Waals surface area contributed by atoms with Gasteiger partial charge in [-0.3, -0.25) is 4.90 Å². The smallest absolute Gasteiger partial charge is 0.225 e. The number of aryl methyl sites for hydroxylation is 1. The molecule has 0 amide bonds. The summed E-state index contributed by atoms with van der Waals surface area (Å²) in [7, 11) is -3.19. The first-order valence-electron chi connectivity index (χ1n) is 11.0. The highest BCUT2D eigenvalue weighted by Gasteiger charge is 2.47. The molecule has 6 nitrogen and oxygen atoms in total. The van der Waals surface area contributed by atoms with Gasteiger partial charge < -0.3 is 4.90 Å². The highest BCUT2D eigenvalue weighted by Crippen LogP contribution is 2.40. The van der Waals surface area contributed by atoms with Crippen LogP contribution in [0.5, 0.6) is 0 Å². The maximum atomic E-state index is 13.0. The summed E-state index contributed by atoms with van der Waals surface area (Å²) in [4.78, 5) is 14.1. The molecular weight excluding hydrogens is 396 g/mol. The van der Waals surface area contributed by atoms with Crippen molar-refractivity contribution in [1.82, 2.24) is 14.9 Å². The van der Waals surface area contributed by atoms with Crippen LogP contribution in [0.1, 0.15) is 48.1 Å². The number of hydrogen-bond acceptors (Lipinski definition) is 6. The van der Waals surface area contributed by atoms with Gasteiger partial charge in [0.15, 0.2) is 9.84 Å². The molecule has 2 fully saturated rings. The lowest BCUT2D eigenvalue weighted by Crippen LogP contribution is -2.38. The van der Waals surface area contributed by atoms with Crippen LogP contribution in [0.25, 0.3) is 0 Å². The summed E-state index contributed by atoms with van der Waals surface area (Å²) in [5.41, 5.74) is 4.22. The van der Waals surface area contributed by atoms with E-state index in [4.69, 9.17) is 4.98 Å². The first kappa shape index (κ1) is 19.9. The molecule has 0 N–H and O–H groups in total. The number of aromatic nitrogens is 2. The number of benzene rings is 1. The first-order valence-corrected chi connectivity index (χ1v) is 12.7. The third-order valence-corrected chi connectivity index (χ3v) is 8.94. The Morgan fingerprint density at radius 3 is 2.87 bits per heavy atom. The molecule has 0 aliphatic carbocycles. The third kappa shape index (κ3) is 3.73. The summed E-state index contributed by atoms with van der Waals surface area (Å²) in [5, 5.41) is -0.363. The molecule has 5 rings (SSSR count). The van der Waals surface area contributed by atoms with Gasteiger partial charge in [0.2, 0.25) is 5.95 Å². The fourth-order valence-electron chi connectivity index (χ4n) is 5.37. The lowest BCUT2D eigenvalue weighted by molar-refractivity contribution is 0.326. The Morgan fingerprint density at radius 2 is 2.07 bits per heavy atom. The maximum absolute atomic E-state index is 13.0. The summed E-state index contributed by atoms with van der Waals surface area (Å²) in [6.45, 7) is 8.42. The van der Waals surface area contributed by atoms with Crippen LogP contribution >= 0.6 is 0 Å². The van der Waals surface area contributed by atoms with E-state index >= 15 is 0 Å². The van der Waals surface area contributed by atoms with Crippen LogP contribution < -0.4 is 4.90 Å². The molecular formula is C23H30N4O2S. The van der Waals surface area contributed by atoms with E-state index < -0.39 is 9.84 Å². The molecule has 2 aromatic rings. The Labute approximate surface area is 179 Å². The van der Waals surface area contributed by atoms with Crippen LogP contribution in [-0.4, -0.2) is 54.7 Å². The molecule has 1 aromatic heterocycles. The molecule has 0 radical (unpaired) electrons. The average molecular weight is 427 g/mol. The molecule has 160 valence electrons. The normalized spacial score (nSPS) is 28.2. The summed E-state index contributed by atoms with van der Waals surface area (Å²) in [6, 6.07) is 8.46. The van der Waals surface area contributed by atoms with Gasteiger partial charge in [0.05, 0.1) is 16.7 Å². The third-order valence-electron chi connectivity index (χ3n) is 6.82. The molecule has 0 bridgehead atoms. The van der Waals surface area contributed by atoms with Crippen molar-refractivity contribution in [2.24, 2.45) is 5.92 Å². The van der Waals surface area contributed by atoms with E-state index in [1.807, 2.05) is 0 Å². The quantitative estimate of drug-likeness (QED) is 0.752. The maximum Gasteiger partial charge on any atom is 0.225 e. The Balaban J connectivity index is 1.43. The summed E-state index contributed by atoms with van der Waals surface area (Å²) >= 11 is 0. The van der Waals surface area contributed by atoms with Gasteiger partial charge in [0.1, 0.15) is 0 Å². The Bertz CT molecular complexity index is 1050. The van der Waals surface area contributed by atoms with Crippen LogP contribution in [0.2, 0.25) is 0 Å². The monoisotopic (exact) mass is 426 g/mol. The zero-order valence-electron chi connectivity index (χ0n) is 17.8. The van der Waals surface area contributed by atoms with E-state index in [0.29, 0.717) is 12.5 Å². The number of anilines is 1. The fourth-order valence-corrected chi connectivity index (χ4v) is 7.39. The minimum atomic E-state index is -3.19. The van der Waals surface area contributed by atoms with Crippen molar-refractivity contribution in [3.63, 3.8) is 0 Å². The van der Waals surface area contributed by atoms with Crippen molar-refractivity contribution in [3.05, 3.63) is 52.8 Å². The van der Waals surface area contributed by atoms with Crippen molar-refractivity contribution >= 4 is 15.8 Å². The topological polar surface area (TPSA) is 66.4 Å². The number of sulfone groups is 1. The molecule has 3 atom stereocenters. The molecule has 7 heteroatoms. The highest BCUT2D eigenvalue weighted by atomic mass is 32.2. The lowest BCUT2D eigenvalue weighted by atomic mass is 9.99. The first-order chi connectivity index (χ1) is 14.4. The molecule has 0 saturated carbocycles. The SMILES string of the molecule is Cc1cccc(CN2C[C@@H]3c4nc(N5CCC[C@H](C)C5)ncc4CS(=O)(=O)[C@@H]3C2)c1. The molecule has 0 unspecified atom stereocenters. The van der Waals surface area contributed by atoms with Gasteiger partial charge in [-0.2, -0.15) is 0 Å². The molecule has 30 heavy (non-hydrogen) atoms. The van der Waals surface area contributed by atoms with Crippen LogP contribution in [-0.2, 0) is 22.1 Å². The molecule has 3 aliphatic rings. The Morgan fingerprint density at radius 1 is 1.20 bits per heavy atom. The van der Waals surface area contributed by atoms with Gasteiger partial charge in [-0.15, -0.1) is 0 Å². The van der Waals surface area contributed by atoms with Crippen LogP contribution in [0.15, 0.2) is 30.5 Å². The number of nitrogens with zero attached hydrogens (tertiary/aromatic N) is 4. The van der Waals surface area contributed by atoms with Gasteiger partial charge in [-0.25, -0.2) is 18.4 Å². The predicted octanol–water partition coefficient (Wildman–Crippen LogP) is 2.92. The van der Waals surface area contributed by atoms with E-state index in [1.165, 1.54) is 17.5 Å². The second kappa shape index (κ2) is 7.61. The standard InChI is InChI=1S/C23H30N4O2S/c1-16-5-3-7-18(9-16)12-26-13-20-21(14-26)30(28,29)15-19-10-24-23(25-22(19)20)27-8-4-6-17(2)11-27/h3,5,7,9-10,17,20-21H,4,6,8,11-15H2,1-2H3/t17-,20-,21+/m0/s1. The molecule has 2 saturated heterocycles. The summed E-state index contributed by atoms with van der Waals surface area (Å²) in [6.07, 6.45) is 4.18. The number of piperidine rings is 1. The Kier molecular flexibility index (Phi) is 5.06. The average Bonchev–Trinajstić information content (AvgIpc) is 3.13. The van der Waals surface area contributed by atoms with Gasteiger partial charge in [-0.05, 0) is 31.2 Å². The van der Waals surface area contributed by atoms with Crippen molar-refractivity contribution in [2.75, 3.05) is 31.1 Å². The van der Waals surface area contributed by atoms with Crippen LogP contribution in [0.3, 0.4) is 0 Å². The minimum absolute atomic E-state index is 0.0625. The van der Waals surface area contributed by atoms with Crippen LogP contribution in [0, 0.1) is 12.8 Å².